The van der Waals surface area contributed by atoms with Gasteiger partial charge in [0.05, 0.1) is 5.69 Å². The molecule has 0 bridgehead atoms. The Morgan fingerprint density at radius 3 is 2.70 bits per heavy atom. The second-order valence-electron chi connectivity index (χ2n) is 5.52. The molecule has 4 nitrogen and oxygen atoms in total. The number of imidazole rings is 1. The van der Waals surface area contributed by atoms with E-state index in [1.807, 2.05) is 0 Å². The number of fused-ring (bicyclic) bond motifs is 1. The fraction of sp³-hybridized carbons (Fsp3) is 0.667. The Morgan fingerprint density at radius 1 is 1.35 bits per heavy atom. The molecule has 2 aromatic rings. The van der Waals surface area contributed by atoms with Crippen molar-refractivity contribution in [2.45, 2.75) is 59.7 Å². The Kier molecular flexibility index (Phi) is 5.05. The molecule has 0 spiro atoms. The van der Waals surface area contributed by atoms with E-state index in [9.17, 15) is 0 Å². The molecule has 1 N–H and O–H groups in total. The smallest absolute Gasteiger partial charge is 0.195 e. The Balaban J connectivity index is 2.39. The third-order valence-corrected chi connectivity index (χ3v) is 4.51. The quantitative estimate of drug-likeness (QED) is 0.848. The second kappa shape index (κ2) is 6.59. The van der Waals surface area contributed by atoms with E-state index in [1.54, 1.807) is 11.3 Å². The Bertz CT molecular complexity index is 543. The number of aromatic nitrogens is 2. The summed E-state index contributed by atoms with van der Waals surface area (Å²) in [7, 11) is 0. The molecule has 0 aliphatic heterocycles. The summed E-state index contributed by atoms with van der Waals surface area (Å²) in [5.74, 6) is 1.14. The van der Waals surface area contributed by atoms with Gasteiger partial charge in [-0.15, -0.1) is 11.3 Å². The predicted octanol–water partition coefficient (Wildman–Crippen LogP) is 3.52. The van der Waals surface area contributed by atoms with E-state index in [1.165, 1.54) is 5.69 Å². The standard InChI is InChI=1S/C15H26N4S/c1-6-12(5)18(7-2)14-13(10-16-11(3)4)19-8-9-20-15(19)17-14/h8-9,11-12,16H,6-7,10H2,1-5H3. The third-order valence-electron chi connectivity index (χ3n) is 3.75. The van der Waals surface area contributed by atoms with Crippen LogP contribution in [0.1, 0.15) is 46.7 Å². The highest BCUT2D eigenvalue weighted by molar-refractivity contribution is 7.15. The van der Waals surface area contributed by atoms with Crippen molar-refractivity contribution in [3.8, 4) is 0 Å². The number of nitrogens with zero attached hydrogens (tertiary/aromatic N) is 3. The molecule has 0 saturated heterocycles. The lowest BCUT2D eigenvalue weighted by Crippen LogP contribution is -2.34. The van der Waals surface area contributed by atoms with E-state index in [-0.39, 0.29) is 0 Å². The molecule has 2 rings (SSSR count). The second-order valence-corrected chi connectivity index (χ2v) is 6.39. The van der Waals surface area contributed by atoms with Crippen molar-refractivity contribution in [3.63, 3.8) is 0 Å². The van der Waals surface area contributed by atoms with Crippen molar-refractivity contribution in [3.05, 3.63) is 17.3 Å². The summed E-state index contributed by atoms with van der Waals surface area (Å²) >= 11 is 1.70. The number of anilines is 1. The molecule has 0 saturated carbocycles. The molecular weight excluding hydrogens is 268 g/mol. The fourth-order valence-electron chi connectivity index (χ4n) is 2.41. The predicted molar refractivity (Wildman–Crippen MR) is 87.8 cm³/mol. The van der Waals surface area contributed by atoms with Crippen molar-refractivity contribution >= 4 is 22.1 Å². The molecule has 112 valence electrons. The van der Waals surface area contributed by atoms with Crippen LogP contribution in [0.2, 0.25) is 0 Å². The SMILES string of the molecule is CCC(C)N(CC)c1nc2sccn2c1CNC(C)C. The lowest BCUT2D eigenvalue weighted by atomic mass is 10.2. The summed E-state index contributed by atoms with van der Waals surface area (Å²) in [5.41, 5.74) is 1.28. The molecule has 5 heteroatoms. The first-order valence-corrected chi connectivity index (χ1v) is 8.40. The first-order valence-electron chi connectivity index (χ1n) is 7.52. The molecule has 0 fully saturated rings. The minimum Gasteiger partial charge on any atom is -0.353 e. The van der Waals surface area contributed by atoms with Gasteiger partial charge in [0.15, 0.2) is 10.8 Å². The summed E-state index contributed by atoms with van der Waals surface area (Å²) in [6, 6.07) is 0.994. The largest absolute Gasteiger partial charge is 0.353 e. The molecule has 1 unspecified atom stereocenters. The lowest BCUT2D eigenvalue weighted by molar-refractivity contribution is 0.572. The zero-order valence-electron chi connectivity index (χ0n) is 13.2. The maximum absolute atomic E-state index is 4.86. The van der Waals surface area contributed by atoms with Crippen LogP contribution in [0.4, 0.5) is 5.82 Å². The highest BCUT2D eigenvalue weighted by Crippen LogP contribution is 2.26. The third kappa shape index (κ3) is 2.99. The average molecular weight is 294 g/mol. The highest BCUT2D eigenvalue weighted by atomic mass is 32.1. The Labute approximate surface area is 125 Å². The van der Waals surface area contributed by atoms with E-state index in [0.29, 0.717) is 12.1 Å². The summed E-state index contributed by atoms with van der Waals surface area (Å²) in [6.07, 6.45) is 3.26. The van der Waals surface area contributed by atoms with Gasteiger partial charge in [0, 0.05) is 36.8 Å². The van der Waals surface area contributed by atoms with E-state index in [0.717, 1.165) is 30.3 Å². The van der Waals surface area contributed by atoms with E-state index in [2.05, 4.69) is 60.8 Å². The minimum absolute atomic E-state index is 0.478. The maximum atomic E-state index is 4.86. The summed E-state index contributed by atoms with van der Waals surface area (Å²) in [5, 5.41) is 5.62. The molecule has 20 heavy (non-hydrogen) atoms. The zero-order valence-corrected chi connectivity index (χ0v) is 14.0. The maximum Gasteiger partial charge on any atom is 0.195 e. The number of nitrogens with one attached hydrogen (secondary N) is 1. The normalized spacial score (nSPS) is 13.3. The van der Waals surface area contributed by atoms with E-state index >= 15 is 0 Å². The van der Waals surface area contributed by atoms with Crippen molar-refractivity contribution < 1.29 is 0 Å². The van der Waals surface area contributed by atoms with Crippen molar-refractivity contribution in [1.29, 1.82) is 0 Å². The van der Waals surface area contributed by atoms with Crippen LogP contribution in [0.5, 0.6) is 0 Å². The van der Waals surface area contributed by atoms with E-state index < -0.39 is 0 Å². The molecule has 2 heterocycles. The lowest BCUT2D eigenvalue weighted by Gasteiger charge is -2.28. The van der Waals surface area contributed by atoms with Crippen molar-refractivity contribution in [1.82, 2.24) is 14.7 Å². The molecular formula is C15H26N4S. The van der Waals surface area contributed by atoms with Crippen LogP contribution in [-0.2, 0) is 6.54 Å². The average Bonchev–Trinajstić information content (AvgIpc) is 2.98. The van der Waals surface area contributed by atoms with Crippen LogP contribution in [0.25, 0.3) is 4.96 Å². The molecule has 0 amide bonds. The minimum atomic E-state index is 0.478. The first kappa shape index (κ1) is 15.3. The van der Waals surface area contributed by atoms with Crippen molar-refractivity contribution in [2.24, 2.45) is 0 Å². The number of hydrogen-bond acceptors (Lipinski definition) is 4. The summed E-state index contributed by atoms with van der Waals surface area (Å²) in [4.78, 5) is 8.36. The number of thiazole rings is 1. The Morgan fingerprint density at radius 2 is 2.10 bits per heavy atom. The van der Waals surface area contributed by atoms with Gasteiger partial charge in [0.25, 0.3) is 0 Å². The van der Waals surface area contributed by atoms with Gasteiger partial charge in [-0.2, -0.15) is 0 Å². The van der Waals surface area contributed by atoms with Crippen LogP contribution < -0.4 is 10.2 Å². The van der Waals surface area contributed by atoms with Gasteiger partial charge >= 0.3 is 0 Å². The Hall–Kier alpha value is -1.07. The molecule has 0 aliphatic carbocycles. The van der Waals surface area contributed by atoms with Gasteiger partial charge < -0.3 is 10.2 Å². The van der Waals surface area contributed by atoms with Gasteiger partial charge in [-0.3, -0.25) is 4.40 Å². The van der Waals surface area contributed by atoms with Crippen LogP contribution >= 0.6 is 11.3 Å². The summed E-state index contributed by atoms with van der Waals surface area (Å²) in [6.45, 7) is 12.9. The van der Waals surface area contributed by atoms with Crippen LogP contribution in [0.15, 0.2) is 11.6 Å². The van der Waals surface area contributed by atoms with Gasteiger partial charge in [0.2, 0.25) is 0 Å². The molecule has 0 aliphatic rings. The summed E-state index contributed by atoms with van der Waals surface area (Å²) < 4.78 is 2.22. The number of rotatable bonds is 7. The molecule has 1 atom stereocenters. The van der Waals surface area contributed by atoms with Gasteiger partial charge in [0.1, 0.15) is 0 Å². The topological polar surface area (TPSA) is 32.6 Å². The van der Waals surface area contributed by atoms with Crippen LogP contribution in [0.3, 0.4) is 0 Å². The van der Waals surface area contributed by atoms with Gasteiger partial charge in [-0.25, -0.2) is 4.98 Å². The van der Waals surface area contributed by atoms with Crippen molar-refractivity contribution in [2.75, 3.05) is 11.4 Å². The molecule has 0 radical (unpaired) electrons. The first-order chi connectivity index (χ1) is 9.58. The zero-order chi connectivity index (χ0) is 14.7. The van der Waals surface area contributed by atoms with Gasteiger partial charge in [-0.05, 0) is 20.3 Å². The van der Waals surface area contributed by atoms with Gasteiger partial charge in [-0.1, -0.05) is 20.8 Å². The van der Waals surface area contributed by atoms with E-state index in [4.69, 9.17) is 4.98 Å². The molecule has 0 aromatic carbocycles. The fourth-order valence-corrected chi connectivity index (χ4v) is 3.13. The van der Waals surface area contributed by atoms with Crippen LogP contribution in [-0.4, -0.2) is 28.0 Å². The van der Waals surface area contributed by atoms with Crippen LogP contribution in [0, 0.1) is 0 Å². The highest BCUT2D eigenvalue weighted by Gasteiger charge is 2.21. The monoisotopic (exact) mass is 294 g/mol. The molecule has 2 aromatic heterocycles. The number of hydrogen-bond donors (Lipinski definition) is 1.